The number of nitrogens with zero attached hydrogens (tertiary/aromatic N) is 1. The molecule has 0 fully saturated rings. The average molecular weight is 1180 g/mol. The van der Waals surface area contributed by atoms with Crippen LogP contribution in [0.4, 0.5) is 0 Å². The summed E-state index contributed by atoms with van der Waals surface area (Å²) in [4.78, 5) is 37.6. The highest BCUT2D eigenvalue weighted by Gasteiger charge is 2.25. The number of allylic oxidation sites excluding steroid dienone is 24. The lowest BCUT2D eigenvalue weighted by atomic mass is 10.1. The van der Waals surface area contributed by atoms with Crippen LogP contribution in [0, 0.1) is 0 Å². The van der Waals surface area contributed by atoms with Crippen LogP contribution in [-0.2, 0) is 33.3 Å². The molecule has 0 aliphatic rings. The number of ether oxygens (including phenoxy) is 4. The summed E-state index contributed by atoms with van der Waals surface area (Å²) in [6, 6.07) is 0. The number of carboxylic acids is 1. The molecule has 85 heavy (non-hydrogen) atoms. The number of quaternary nitrogens is 1. The molecule has 9 nitrogen and oxygen atoms in total. The third-order valence-electron chi connectivity index (χ3n) is 14.1. The van der Waals surface area contributed by atoms with Gasteiger partial charge in [0.2, 0.25) is 0 Å². The minimum atomic E-state index is -1.52. The smallest absolute Gasteiger partial charge is 0.361 e. The molecule has 0 rings (SSSR count). The molecule has 0 bridgehead atoms. The zero-order valence-corrected chi connectivity index (χ0v) is 55.0. The molecule has 0 heterocycles. The second-order valence-electron chi connectivity index (χ2n) is 23.4. The Morgan fingerprint density at radius 1 is 0.365 bits per heavy atom. The second-order valence-corrected chi connectivity index (χ2v) is 23.4. The Balaban J connectivity index is 4.20. The summed E-state index contributed by atoms with van der Waals surface area (Å²) in [5.41, 5.74) is 0. The molecule has 2 unspecified atom stereocenters. The Kier molecular flexibility index (Phi) is 61.4. The molecule has 0 aromatic carbocycles. The maximum atomic E-state index is 12.9. The fourth-order valence-corrected chi connectivity index (χ4v) is 8.90. The van der Waals surface area contributed by atoms with Gasteiger partial charge in [-0.15, -0.1) is 0 Å². The average Bonchev–Trinajstić information content (AvgIpc) is 3.49. The van der Waals surface area contributed by atoms with Crippen LogP contribution < -0.4 is 0 Å². The first-order valence-corrected chi connectivity index (χ1v) is 34.0. The van der Waals surface area contributed by atoms with Gasteiger partial charge in [-0.1, -0.05) is 269 Å². The van der Waals surface area contributed by atoms with Gasteiger partial charge in [-0.25, -0.2) is 4.79 Å². The van der Waals surface area contributed by atoms with Crippen molar-refractivity contribution in [1.29, 1.82) is 0 Å². The minimum Gasteiger partial charge on any atom is -0.477 e. The molecular weight excluding hydrogens is 1050 g/mol. The van der Waals surface area contributed by atoms with E-state index in [2.05, 4.69) is 160 Å². The SMILES string of the molecule is CC/C=C\C/C=C\C/C=C\C/C=C\C/C=C\C/C=C\C/C=C\C/C=C\C/C=C\C/C=C\CCCCCCCCCCC(=O)OC(COC(=O)CCCCCCCCCCC/C=C\C/C=C\CCCCCCC)COC(OCC[N+](C)(C)C)C(=O)O. The van der Waals surface area contributed by atoms with E-state index in [1.165, 1.54) is 109 Å². The van der Waals surface area contributed by atoms with Gasteiger partial charge in [0.1, 0.15) is 13.2 Å². The molecule has 0 aliphatic carbocycles. The molecule has 9 heteroatoms. The van der Waals surface area contributed by atoms with Gasteiger partial charge in [0.15, 0.2) is 6.10 Å². The van der Waals surface area contributed by atoms with Crippen LogP contribution in [0.5, 0.6) is 0 Å². The van der Waals surface area contributed by atoms with Crippen LogP contribution in [0.15, 0.2) is 146 Å². The fourth-order valence-electron chi connectivity index (χ4n) is 8.90. The summed E-state index contributed by atoms with van der Waals surface area (Å²) >= 11 is 0. The van der Waals surface area contributed by atoms with Crippen molar-refractivity contribution in [2.45, 2.75) is 270 Å². The summed E-state index contributed by atoms with van der Waals surface area (Å²) in [6.45, 7) is 4.73. The number of hydrogen-bond acceptors (Lipinski definition) is 7. The van der Waals surface area contributed by atoms with Gasteiger partial charge < -0.3 is 28.5 Å². The summed E-state index contributed by atoms with van der Waals surface area (Å²) in [7, 11) is 5.96. The third kappa shape index (κ3) is 66.5. The van der Waals surface area contributed by atoms with Crippen molar-refractivity contribution in [2.24, 2.45) is 0 Å². The van der Waals surface area contributed by atoms with Crippen molar-refractivity contribution in [2.75, 3.05) is 47.5 Å². The monoisotopic (exact) mass is 1180 g/mol. The number of esters is 2. The van der Waals surface area contributed by atoms with E-state index in [9.17, 15) is 19.5 Å². The third-order valence-corrected chi connectivity index (χ3v) is 14.1. The Labute approximate surface area is 522 Å². The molecular formula is C76H126NO8+. The second kappa shape index (κ2) is 65.2. The van der Waals surface area contributed by atoms with E-state index in [1.54, 1.807) is 0 Å². The Morgan fingerprint density at radius 3 is 1.00 bits per heavy atom. The van der Waals surface area contributed by atoms with Crippen LogP contribution in [-0.4, -0.2) is 87.4 Å². The van der Waals surface area contributed by atoms with Crippen LogP contribution >= 0.6 is 0 Å². The van der Waals surface area contributed by atoms with E-state index in [0.29, 0.717) is 17.4 Å². The molecule has 0 spiro atoms. The zero-order valence-electron chi connectivity index (χ0n) is 55.0. The van der Waals surface area contributed by atoms with Gasteiger partial charge in [-0.2, -0.15) is 0 Å². The largest absolute Gasteiger partial charge is 0.477 e. The highest BCUT2D eigenvalue weighted by molar-refractivity contribution is 5.71. The Hall–Kier alpha value is -4.83. The first kappa shape index (κ1) is 80.2. The van der Waals surface area contributed by atoms with Gasteiger partial charge in [-0.3, -0.25) is 9.59 Å². The van der Waals surface area contributed by atoms with Gasteiger partial charge in [-0.05, 0) is 122 Å². The highest BCUT2D eigenvalue weighted by atomic mass is 16.7. The van der Waals surface area contributed by atoms with E-state index in [4.69, 9.17) is 18.9 Å². The zero-order chi connectivity index (χ0) is 61.9. The molecule has 0 aromatic heterocycles. The number of likely N-dealkylation sites (N-methyl/N-ethyl adjacent to an activating group) is 1. The molecule has 0 aromatic rings. The number of rotatable bonds is 61. The summed E-state index contributed by atoms with van der Waals surface area (Å²) in [6.07, 6.45) is 92.3. The lowest BCUT2D eigenvalue weighted by Crippen LogP contribution is -2.40. The topological polar surface area (TPSA) is 108 Å². The molecule has 0 amide bonds. The van der Waals surface area contributed by atoms with Crippen molar-refractivity contribution in [3.8, 4) is 0 Å². The van der Waals surface area contributed by atoms with Crippen molar-refractivity contribution < 1.29 is 42.9 Å². The first-order chi connectivity index (χ1) is 41.6. The van der Waals surface area contributed by atoms with E-state index in [0.717, 1.165) is 116 Å². The van der Waals surface area contributed by atoms with Crippen LogP contribution in [0.2, 0.25) is 0 Å². The Morgan fingerprint density at radius 2 is 0.671 bits per heavy atom. The van der Waals surface area contributed by atoms with Gasteiger partial charge in [0.05, 0.1) is 34.4 Å². The predicted molar refractivity (Wildman–Crippen MR) is 364 cm³/mol. The van der Waals surface area contributed by atoms with Crippen LogP contribution in [0.3, 0.4) is 0 Å². The maximum Gasteiger partial charge on any atom is 0.361 e. The number of carboxylic acid groups (broad SMARTS) is 1. The van der Waals surface area contributed by atoms with Crippen molar-refractivity contribution >= 4 is 17.9 Å². The van der Waals surface area contributed by atoms with Crippen molar-refractivity contribution in [1.82, 2.24) is 0 Å². The first-order valence-electron chi connectivity index (χ1n) is 34.0. The highest BCUT2D eigenvalue weighted by Crippen LogP contribution is 2.15. The van der Waals surface area contributed by atoms with Crippen molar-refractivity contribution in [3.63, 3.8) is 0 Å². The summed E-state index contributed by atoms with van der Waals surface area (Å²) < 4.78 is 22.9. The lowest BCUT2D eigenvalue weighted by molar-refractivity contribution is -0.870. The fraction of sp³-hybridized carbons (Fsp3) is 0.645. The van der Waals surface area contributed by atoms with Crippen LogP contribution in [0.1, 0.15) is 258 Å². The maximum absolute atomic E-state index is 12.9. The number of aliphatic carboxylic acids is 1. The molecule has 0 aliphatic heterocycles. The normalized spacial score (nSPS) is 13.7. The van der Waals surface area contributed by atoms with Crippen molar-refractivity contribution in [3.05, 3.63) is 146 Å². The van der Waals surface area contributed by atoms with E-state index in [1.807, 2.05) is 21.1 Å². The van der Waals surface area contributed by atoms with E-state index >= 15 is 0 Å². The number of unbranched alkanes of at least 4 members (excludes halogenated alkanes) is 22. The number of carbonyl (C=O) groups is 3. The number of hydrogen-bond donors (Lipinski definition) is 1. The Bertz CT molecular complexity index is 1900. The number of carbonyl (C=O) groups excluding carboxylic acids is 2. The van der Waals surface area contributed by atoms with Gasteiger partial charge >= 0.3 is 17.9 Å². The van der Waals surface area contributed by atoms with E-state index in [-0.39, 0.29) is 38.6 Å². The van der Waals surface area contributed by atoms with E-state index < -0.39 is 24.3 Å². The molecule has 0 saturated heterocycles. The lowest BCUT2D eigenvalue weighted by Gasteiger charge is -2.25. The predicted octanol–water partition coefficient (Wildman–Crippen LogP) is 21.1. The summed E-state index contributed by atoms with van der Waals surface area (Å²) in [5, 5.41) is 9.73. The van der Waals surface area contributed by atoms with Crippen LogP contribution in [0.25, 0.3) is 0 Å². The molecule has 482 valence electrons. The van der Waals surface area contributed by atoms with Gasteiger partial charge in [0, 0.05) is 12.8 Å². The quantitative estimate of drug-likeness (QED) is 0.0211. The molecule has 1 N–H and O–H groups in total. The summed E-state index contributed by atoms with van der Waals surface area (Å²) in [5.74, 6) is -2.03. The molecule has 0 saturated carbocycles. The van der Waals surface area contributed by atoms with Gasteiger partial charge in [0.25, 0.3) is 6.29 Å². The standard InChI is InChI=1S/C76H125NO8/c1-6-8-10-12-14-16-18-20-22-24-26-28-29-30-31-32-33-34-35-36-37-38-39-40-41-42-43-44-45-47-49-51-53-55-57-59-61-63-65-67-74(79)85-72(71-84-76(75(80)81)82-69-68-77(3,4)5)70-83-73(78)66-64-62-60-58-56-54-52-50-48-46-27-25-23-21-19-17-15-13-11-9-7-2/h8,10,14,16,19-22,25-28,30-31,33-34,36-37,39-40,42-43,45,47,72,76H,6-7,9,11-13,15,17-18,23-24,29,32,35,38,41,44,46,48-71H2,1-5H3/p+1/b10-8-,16-14-,21-19-,22-20-,27-25-,28-26-,31-30-,34-33-,37-36-,40-39-,43-42-,47-45-. The molecule has 2 atom stereocenters. The molecule has 0 radical (unpaired) electrons. The minimum absolute atomic E-state index is 0.178.